The molecule has 0 saturated heterocycles. The smallest absolute Gasteiger partial charge is 0.102 e. The Morgan fingerprint density at radius 3 is 2.63 bits per heavy atom. The number of nitriles is 1. The molecule has 1 aromatic rings. The molecule has 0 aliphatic heterocycles. The third kappa shape index (κ3) is 4.15. The van der Waals surface area contributed by atoms with Gasteiger partial charge in [-0.15, -0.1) is 11.8 Å². The molecule has 0 aliphatic carbocycles. The molecular weight excluding hydrogens is 254 g/mol. The van der Waals surface area contributed by atoms with Gasteiger partial charge >= 0.3 is 0 Å². The molecular formula is C15H23N3S. The van der Waals surface area contributed by atoms with Gasteiger partial charge in [0.25, 0.3) is 0 Å². The molecule has 4 heteroatoms. The number of hydrogen-bond donors (Lipinski definition) is 2. The zero-order chi connectivity index (χ0) is 14.5. The third-order valence-electron chi connectivity index (χ3n) is 3.10. The highest BCUT2D eigenvalue weighted by molar-refractivity contribution is 7.98. The van der Waals surface area contributed by atoms with Crippen LogP contribution >= 0.6 is 11.8 Å². The Labute approximate surface area is 120 Å². The fourth-order valence-electron chi connectivity index (χ4n) is 2.33. The van der Waals surface area contributed by atoms with Crippen LogP contribution in [0.3, 0.4) is 0 Å². The normalized spacial score (nSPS) is 13.9. The molecule has 0 spiro atoms. The van der Waals surface area contributed by atoms with Gasteiger partial charge in [-0.3, -0.25) is 0 Å². The predicted octanol–water partition coefficient (Wildman–Crippen LogP) is 3.46. The molecule has 3 N–H and O–H groups in total. The van der Waals surface area contributed by atoms with Gasteiger partial charge < -0.3 is 11.1 Å². The van der Waals surface area contributed by atoms with Crippen molar-refractivity contribution in [2.75, 3.05) is 18.1 Å². The lowest BCUT2D eigenvalue weighted by Gasteiger charge is -2.33. The highest BCUT2D eigenvalue weighted by atomic mass is 32.2. The second-order valence-corrected chi connectivity index (χ2v) is 6.33. The molecule has 0 fully saturated rings. The number of nitrogens with two attached hydrogens (primary N) is 1. The van der Waals surface area contributed by atoms with Crippen LogP contribution in [-0.2, 0) is 0 Å². The van der Waals surface area contributed by atoms with E-state index in [-0.39, 0.29) is 5.54 Å². The van der Waals surface area contributed by atoms with Crippen molar-refractivity contribution >= 4 is 17.4 Å². The molecule has 0 heterocycles. The summed E-state index contributed by atoms with van der Waals surface area (Å²) >= 11 is 1.59. The summed E-state index contributed by atoms with van der Waals surface area (Å²) in [5, 5.41) is 12.8. The largest absolute Gasteiger partial charge is 0.377 e. The van der Waals surface area contributed by atoms with E-state index < -0.39 is 0 Å². The molecule has 1 rings (SSSR count). The van der Waals surface area contributed by atoms with Gasteiger partial charge in [0.2, 0.25) is 0 Å². The highest BCUT2D eigenvalue weighted by Crippen LogP contribution is 2.29. The topological polar surface area (TPSA) is 61.8 Å². The Morgan fingerprint density at radius 2 is 2.16 bits per heavy atom. The minimum atomic E-state index is -0.184. The summed E-state index contributed by atoms with van der Waals surface area (Å²) in [5.74, 6) is 0.551. The Hall–Kier alpha value is -1.18. The van der Waals surface area contributed by atoms with Crippen LogP contribution in [0, 0.1) is 17.2 Å². The average Bonchev–Trinajstić information content (AvgIpc) is 2.37. The first kappa shape index (κ1) is 15.9. The fraction of sp³-hybridized carbons (Fsp3) is 0.533. The van der Waals surface area contributed by atoms with E-state index in [9.17, 15) is 5.26 Å². The van der Waals surface area contributed by atoms with Gasteiger partial charge in [-0.25, -0.2) is 0 Å². The van der Waals surface area contributed by atoms with Crippen molar-refractivity contribution in [1.29, 1.82) is 5.26 Å². The molecule has 1 unspecified atom stereocenters. The minimum Gasteiger partial charge on any atom is -0.377 e. The maximum atomic E-state index is 9.35. The molecule has 0 saturated carbocycles. The van der Waals surface area contributed by atoms with Crippen molar-refractivity contribution in [2.45, 2.75) is 37.6 Å². The van der Waals surface area contributed by atoms with Gasteiger partial charge in [-0.05, 0) is 37.7 Å². The number of benzene rings is 1. The number of nitrogens with zero attached hydrogens (tertiary/aromatic N) is 1. The number of hydrogen-bond acceptors (Lipinski definition) is 4. The maximum Gasteiger partial charge on any atom is 0.102 e. The monoisotopic (exact) mass is 277 g/mol. The molecule has 19 heavy (non-hydrogen) atoms. The van der Waals surface area contributed by atoms with Crippen molar-refractivity contribution in [3.05, 3.63) is 23.8 Å². The van der Waals surface area contributed by atoms with Crippen molar-refractivity contribution in [2.24, 2.45) is 11.7 Å². The van der Waals surface area contributed by atoms with Gasteiger partial charge in [0.1, 0.15) is 6.07 Å². The summed E-state index contributed by atoms with van der Waals surface area (Å²) in [4.78, 5) is 0.997. The first-order chi connectivity index (χ1) is 8.95. The zero-order valence-corrected chi connectivity index (χ0v) is 13.0. The summed E-state index contributed by atoms with van der Waals surface area (Å²) in [7, 11) is 0. The molecule has 0 bridgehead atoms. The molecule has 1 atom stereocenters. The van der Waals surface area contributed by atoms with Crippen molar-refractivity contribution in [3.63, 3.8) is 0 Å². The second kappa shape index (κ2) is 6.83. The lowest BCUT2D eigenvalue weighted by molar-refractivity contribution is 0.407. The van der Waals surface area contributed by atoms with Crippen molar-refractivity contribution < 1.29 is 0 Å². The van der Waals surface area contributed by atoms with Crippen LogP contribution in [0.4, 0.5) is 5.69 Å². The van der Waals surface area contributed by atoms with E-state index in [1.807, 2.05) is 24.5 Å². The van der Waals surface area contributed by atoms with Crippen LogP contribution in [0.1, 0.15) is 32.8 Å². The summed E-state index contributed by atoms with van der Waals surface area (Å²) in [6, 6.07) is 8.18. The molecule has 0 radical (unpaired) electrons. The number of rotatable bonds is 6. The molecule has 0 aromatic heterocycles. The standard InChI is InChI=1S/C15H23N3S/c1-11(2)8-15(3,10-17)18-13-6-5-7-14(19-4)12(13)9-16/h5-7,11,18H,8,10,17H2,1-4H3. The van der Waals surface area contributed by atoms with Crippen molar-refractivity contribution in [1.82, 2.24) is 0 Å². The zero-order valence-electron chi connectivity index (χ0n) is 12.2. The van der Waals surface area contributed by atoms with Crippen LogP contribution in [0.15, 0.2) is 23.1 Å². The lowest BCUT2D eigenvalue weighted by Crippen LogP contribution is -2.43. The number of nitrogens with one attached hydrogen (secondary N) is 1. The summed E-state index contributed by atoms with van der Waals surface area (Å²) in [5.41, 5.74) is 7.32. The molecule has 0 amide bonds. The van der Waals surface area contributed by atoms with E-state index in [0.717, 1.165) is 17.0 Å². The van der Waals surface area contributed by atoms with Gasteiger partial charge in [0.05, 0.1) is 11.3 Å². The average molecular weight is 277 g/mol. The Bertz CT molecular complexity index is 465. The third-order valence-corrected chi connectivity index (χ3v) is 3.88. The Kier molecular flexibility index (Phi) is 5.71. The van der Waals surface area contributed by atoms with Gasteiger partial charge in [-0.1, -0.05) is 19.9 Å². The number of thioether (sulfide) groups is 1. The van der Waals surface area contributed by atoms with E-state index in [0.29, 0.717) is 18.0 Å². The molecule has 104 valence electrons. The predicted molar refractivity (Wildman–Crippen MR) is 83.5 cm³/mol. The Morgan fingerprint density at radius 1 is 1.47 bits per heavy atom. The van der Waals surface area contributed by atoms with E-state index in [4.69, 9.17) is 5.73 Å². The maximum absolute atomic E-state index is 9.35. The second-order valence-electron chi connectivity index (χ2n) is 5.48. The SMILES string of the molecule is CSc1cccc(NC(C)(CN)CC(C)C)c1C#N. The van der Waals surface area contributed by atoms with Crippen LogP contribution in [0.25, 0.3) is 0 Å². The van der Waals surface area contributed by atoms with E-state index in [2.05, 4.69) is 32.2 Å². The van der Waals surface area contributed by atoms with E-state index >= 15 is 0 Å². The summed E-state index contributed by atoms with van der Waals surface area (Å²) in [6.45, 7) is 7.01. The van der Waals surface area contributed by atoms with Crippen molar-refractivity contribution in [3.8, 4) is 6.07 Å². The van der Waals surface area contributed by atoms with E-state index in [1.165, 1.54) is 0 Å². The minimum absolute atomic E-state index is 0.184. The summed E-state index contributed by atoms with van der Waals surface area (Å²) in [6.07, 6.45) is 2.95. The fourth-order valence-corrected chi connectivity index (χ4v) is 2.91. The molecule has 0 aliphatic rings. The Balaban J connectivity index is 3.07. The quantitative estimate of drug-likeness (QED) is 0.782. The lowest BCUT2D eigenvalue weighted by atomic mass is 9.90. The van der Waals surface area contributed by atoms with Crippen LogP contribution in [0.5, 0.6) is 0 Å². The van der Waals surface area contributed by atoms with Gasteiger partial charge in [0, 0.05) is 17.0 Å². The van der Waals surface area contributed by atoms with E-state index in [1.54, 1.807) is 11.8 Å². The summed E-state index contributed by atoms with van der Waals surface area (Å²) < 4.78 is 0. The molecule has 3 nitrogen and oxygen atoms in total. The first-order valence-corrected chi connectivity index (χ1v) is 7.73. The van der Waals surface area contributed by atoms with Gasteiger partial charge in [-0.2, -0.15) is 5.26 Å². The van der Waals surface area contributed by atoms with Crippen LogP contribution < -0.4 is 11.1 Å². The van der Waals surface area contributed by atoms with Gasteiger partial charge in [0.15, 0.2) is 0 Å². The highest BCUT2D eigenvalue weighted by Gasteiger charge is 2.24. The van der Waals surface area contributed by atoms with Crippen LogP contribution in [-0.4, -0.2) is 18.3 Å². The number of anilines is 1. The first-order valence-electron chi connectivity index (χ1n) is 6.51. The van der Waals surface area contributed by atoms with Crippen LogP contribution in [0.2, 0.25) is 0 Å². The molecule has 1 aromatic carbocycles.